The van der Waals surface area contributed by atoms with Gasteiger partial charge in [0.05, 0.1) is 44.7 Å². The molecule has 0 aliphatic carbocycles. The number of hydrogen-bond acceptors (Lipinski definition) is 5. The second kappa shape index (κ2) is 6.62. The first-order valence-corrected chi connectivity index (χ1v) is 8.13. The largest absolute Gasteiger partial charge is 0.488 e. The standard InChI is InChI=1S/C17H20N4O3/c1-12-11-23-7-6-22-5-4-21-10-13(9-18-21)17-15-8-14(24-12)2-3-16(15)19-20-17/h2-3,8-10,12H,4-7,11H2,1H3,(H,19,20)/t12-/m1/s1. The zero-order valence-corrected chi connectivity index (χ0v) is 13.6. The number of H-pyrrole nitrogens is 1. The molecule has 0 spiro atoms. The highest BCUT2D eigenvalue weighted by Crippen LogP contribution is 2.29. The molecule has 1 aromatic carbocycles. The van der Waals surface area contributed by atoms with Gasteiger partial charge in [-0.1, -0.05) is 0 Å². The predicted molar refractivity (Wildman–Crippen MR) is 89.0 cm³/mol. The number of aromatic amines is 1. The minimum Gasteiger partial charge on any atom is -0.488 e. The second-order valence-corrected chi connectivity index (χ2v) is 5.89. The van der Waals surface area contributed by atoms with E-state index in [0.717, 1.165) is 27.9 Å². The molecule has 3 heterocycles. The monoisotopic (exact) mass is 328 g/mol. The van der Waals surface area contributed by atoms with Gasteiger partial charge in [0.1, 0.15) is 17.5 Å². The summed E-state index contributed by atoms with van der Waals surface area (Å²) in [5.74, 6) is 0.803. The lowest BCUT2D eigenvalue weighted by molar-refractivity contribution is 0.0144. The third-order valence-electron chi connectivity index (χ3n) is 3.97. The highest BCUT2D eigenvalue weighted by atomic mass is 16.5. The molecule has 7 nitrogen and oxygen atoms in total. The Hall–Kier alpha value is -2.38. The Morgan fingerprint density at radius 2 is 2.12 bits per heavy atom. The first-order valence-electron chi connectivity index (χ1n) is 8.13. The summed E-state index contributed by atoms with van der Waals surface area (Å²) in [6, 6.07) is 5.93. The van der Waals surface area contributed by atoms with E-state index >= 15 is 0 Å². The number of benzene rings is 1. The molecule has 1 aliphatic heterocycles. The van der Waals surface area contributed by atoms with Crippen LogP contribution in [0.4, 0.5) is 0 Å². The average Bonchev–Trinajstić information content (AvgIpc) is 3.19. The summed E-state index contributed by atoms with van der Waals surface area (Å²) in [6.45, 7) is 4.95. The van der Waals surface area contributed by atoms with Crippen LogP contribution >= 0.6 is 0 Å². The number of fused-ring (bicyclic) bond motifs is 4. The summed E-state index contributed by atoms with van der Waals surface area (Å²) < 4.78 is 19.0. The molecule has 0 radical (unpaired) electrons. The van der Waals surface area contributed by atoms with Crippen LogP contribution in [0.2, 0.25) is 0 Å². The summed E-state index contributed by atoms with van der Waals surface area (Å²) in [5.41, 5.74) is 2.82. The van der Waals surface area contributed by atoms with Crippen molar-refractivity contribution in [1.82, 2.24) is 20.0 Å². The van der Waals surface area contributed by atoms with E-state index in [9.17, 15) is 0 Å². The molecule has 2 aromatic heterocycles. The van der Waals surface area contributed by atoms with Crippen LogP contribution < -0.4 is 4.74 Å². The fourth-order valence-corrected chi connectivity index (χ4v) is 2.79. The zero-order chi connectivity index (χ0) is 16.4. The van der Waals surface area contributed by atoms with E-state index in [1.807, 2.05) is 42.2 Å². The molecule has 3 aromatic rings. The van der Waals surface area contributed by atoms with Crippen LogP contribution in [-0.2, 0) is 16.0 Å². The molecule has 7 heteroatoms. The molecule has 1 aliphatic rings. The predicted octanol–water partition coefficient (Wildman–Crippen LogP) is 2.24. The van der Waals surface area contributed by atoms with Gasteiger partial charge in [0.2, 0.25) is 0 Å². The second-order valence-electron chi connectivity index (χ2n) is 5.89. The molecule has 0 saturated heterocycles. The Morgan fingerprint density at radius 3 is 3.08 bits per heavy atom. The quantitative estimate of drug-likeness (QED) is 0.685. The zero-order valence-electron chi connectivity index (χ0n) is 13.6. The van der Waals surface area contributed by atoms with Crippen molar-refractivity contribution in [1.29, 1.82) is 0 Å². The molecule has 126 valence electrons. The van der Waals surface area contributed by atoms with E-state index < -0.39 is 0 Å². The molecule has 24 heavy (non-hydrogen) atoms. The van der Waals surface area contributed by atoms with E-state index in [-0.39, 0.29) is 6.10 Å². The van der Waals surface area contributed by atoms with E-state index in [0.29, 0.717) is 33.0 Å². The summed E-state index contributed by atoms with van der Waals surface area (Å²) >= 11 is 0. The van der Waals surface area contributed by atoms with Crippen molar-refractivity contribution in [3.8, 4) is 17.0 Å². The molecule has 1 N–H and O–H groups in total. The lowest BCUT2D eigenvalue weighted by atomic mass is 10.1. The number of ether oxygens (including phenoxy) is 3. The Morgan fingerprint density at radius 1 is 1.21 bits per heavy atom. The van der Waals surface area contributed by atoms with Crippen molar-refractivity contribution >= 4 is 10.9 Å². The van der Waals surface area contributed by atoms with E-state index in [1.54, 1.807) is 0 Å². The van der Waals surface area contributed by atoms with E-state index in [1.165, 1.54) is 0 Å². The van der Waals surface area contributed by atoms with Gasteiger partial charge in [0.25, 0.3) is 0 Å². The molecule has 0 unspecified atom stereocenters. The Bertz CT molecular complexity index is 826. The molecule has 1 atom stereocenters. The van der Waals surface area contributed by atoms with Crippen LogP contribution in [0.25, 0.3) is 22.2 Å². The maximum absolute atomic E-state index is 5.95. The highest BCUT2D eigenvalue weighted by Gasteiger charge is 2.13. The third kappa shape index (κ3) is 3.13. The first-order chi connectivity index (χ1) is 11.8. The molecular formula is C17H20N4O3. The molecule has 4 rings (SSSR count). The fourth-order valence-electron chi connectivity index (χ4n) is 2.79. The third-order valence-corrected chi connectivity index (χ3v) is 3.97. The lowest BCUT2D eigenvalue weighted by Gasteiger charge is -2.15. The number of nitrogens with one attached hydrogen (secondary N) is 1. The van der Waals surface area contributed by atoms with Crippen LogP contribution in [-0.4, -0.2) is 52.5 Å². The highest BCUT2D eigenvalue weighted by molar-refractivity contribution is 5.93. The minimum absolute atomic E-state index is 0.0338. The van der Waals surface area contributed by atoms with Gasteiger partial charge < -0.3 is 14.2 Å². The van der Waals surface area contributed by atoms with Crippen molar-refractivity contribution in [2.24, 2.45) is 0 Å². The van der Waals surface area contributed by atoms with Gasteiger partial charge in [-0.3, -0.25) is 9.78 Å². The van der Waals surface area contributed by atoms with Gasteiger partial charge in [-0.15, -0.1) is 0 Å². The van der Waals surface area contributed by atoms with Crippen molar-refractivity contribution in [2.45, 2.75) is 19.6 Å². The van der Waals surface area contributed by atoms with Crippen LogP contribution in [0.1, 0.15) is 6.92 Å². The minimum atomic E-state index is -0.0338. The Balaban J connectivity index is 1.71. The van der Waals surface area contributed by atoms with Crippen molar-refractivity contribution < 1.29 is 14.2 Å². The van der Waals surface area contributed by atoms with E-state index in [2.05, 4.69) is 15.3 Å². The average molecular weight is 328 g/mol. The SMILES string of the molecule is C[C@@H]1COCCOCCn2cc(cn2)-c2n[nH]c3ccc(cc23)O1. The van der Waals surface area contributed by atoms with Crippen molar-refractivity contribution in [2.75, 3.05) is 26.4 Å². The topological polar surface area (TPSA) is 74.2 Å². The first kappa shape index (κ1) is 15.2. The summed E-state index contributed by atoms with van der Waals surface area (Å²) in [4.78, 5) is 0. The van der Waals surface area contributed by atoms with Gasteiger partial charge >= 0.3 is 0 Å². The van der Waals surface area contributed by atoms with Gasteiger partial charge in [-0.2, -0.15) is 10.2 Å². The van der Waals surface area contributed by atoms with Gasteiger partial charge in [-0.05, 0) is 25.1 Å². The van der Waals surface area contributed by atoms with Gasteiger partial charge in [0.15, 0.2) is 0 Å². The maximum Gasteiger partial charge on any atom is 0.120 e. The number of rotatable bonds is 0. The molecule has 0 fully saturated rings. The molecule has 0 amide bonds. The molecule has 4 bridgehead atoms. The Kier molecular flexibility index (Phi) is 4.18. The molecule has 0 saturated carbocycles. The van der Waals surface area contributed by atoms with Crippen LogP contribution in [0.3, 0.4) is 0 Å². The van der Waals surface area contributed by atoms with Crippen LogP contribution in [0.15, 0.2) is 30.6 Å². The summed E-state index contributed by atoms with van der Waals surface area (Å²) in [6.07, 6.45) is 3.78. The van der Waals surface area contributed by atoms with Gasteiger partial charge in [0, 0.05) is 17.1 Å². The van der Waals surface area contributed by atoms with Crippen LogP contribution in [0.5, 0.6) is 5.75 Å². The lowest BCUT2D eigenvalue weighted by Crippen LogP contribution is -2.21. The number of nitrogens with zero attached hydrogens (tertiary/aromatic N) is 3. The summed E-state index contributed by atoms with van der Waals surface area (Å²) in [7, 11) is 0. The summed E-state index contributed by atoms with van der Waals surface area (Å²) in [5, 5.41) is 12.9. The maximum atomic E-state index is 5.95. The van der Waals surface area contributed by atoms with Crippen molar-refractivity contribution in [3.05, 3.63) is 30.6 Å². The van der Waals surface area contributed by atoms with Crippen molar-refractivity contribution in [3.63, 3.8) is 0 Å². The fraction of sp³-hybridized carbons (Fsp3) is 0.412. The van der Waals surface area contributed by atoms with E-state index in [4.69, 9.17) is 14.2 Å². The number of aromatic nitrogens is 4. The number of hydrogen-bond donors (Lipinski definition) is 1. The smallest absolute Gasteiger partial charge is 0.120 e. The van der Waals surface area contributed by atoms with Crippen LogP contribution in [0, 0.1) is 0 Å². The molecular weight excluding hydrogens is 308 g/mol. The van der Waals surface area contributed by atoms with Gasteiger partial charge in [-0.25, -0.2) is 0 Å². The Labute approximate surface area is 139 Å². The normalized spacial score (nSPS) is 19.5.